The molecule has 3 aromatic rings. The molecule has 0 aliphatic carbocycles. The van der Waals surface area contributed by atoms with Crippen molar-refractivity contribution in [1.29, 1.82) is 0 Å². The van der Waals surface area contributed by atoms with E-state index in [-0.39, 0.29) is 17.6 Å². The topological polar surface area (TPSA) is 74.5 Å². The number of hydrogen-bond acceptors (Lipinski definition) is 6. The predicted octanol–water partition coefficient (Wildman–Crippen LogP) is 4.97. The van der Waals surface area contributed by atoms with Gasteiger partial charge in [0.1, 0.15) is 11.6 Å². The van der Waals surface area contributed by atoms with Crippen molar-refractivity contribution in [3.05, 3.63) is 65.8 Å². The molecule has 146 valence electrons. The van der Waals surface area contributed by atoms with Crippen molar-refractivity contribution in [3.8, 4) is 17.2 Å². The van der Waals surface area contributed by atoms with Crippen molar-refractivity contribution in [3.63, 3.8) is 0 Å². The largest absolute Gasteiger partial charge is 0.494 e. The zero-order valence-corrected chi connectivity index (χ0v) is 15.7. The Bertz CT molecular complexity index is 907. The molecular formula is C21H21FN2O4. The number of benzene rings is 2. The number of nitrogens with zero attached hydrogens (tertiary/aromatic N) is 2. The fraction of sp³-hybridized carbons (Fsp3) is 0.286. The Morgan fingerprint density at radius 3 is 2.50 bits per heavy atom. The van der Waals surface area contributed by atoms with Crippen molar-refractivity contribution in [2.45, 2.75) is 32.8 Å². The van der Waals surface area contributed by atoms with Crippen LogP contribution in [-0.2, 0) is 4.74 Å². The molecule has 2 aromatic carbocycles. The lowest BCUT2D eigenvalue weighted by Crippen LogP contribution is -2.09. The second kappa shape index (κ2) is 9.12. The maximum atomic E-state index is 13.0. The highest BCUT2D eigenvalue weighted by atomic mass is 19.1. The van der Waals surface area contributed by atoms with E-state index in [9.17, 15) is 9.18 Å². The number of rotatable bonds is 8. The van der Waals surface area contributed by atoms with Crippen LogP contribution in [0.25, 0.3) is 11.5 Å². The summed E-state index contributed by atoms with van der Waals surface area (Å²) in [5, 5.41) is 7.83. The fourth-order valence-corrected chi connectivity index (χ4v) is 2.41. The maximum absolute atomic E-state index is 13.0. The highest BCUT2D eigenvalue weighted by molar-refractivity contribution is 5.89. The Kier molecular flexibility index (Phi) is 6.37. The first-order valence-electron chi connectivity index (χ1n) is 9.10. The van der Waals surface area contributed by atoms with Crippen LogP contribution in [0.5, 0.6) is 5.75 Å². The van der Waals surface area contributed by atoms with Gasteiger partial charge in [-0.25, -0.2) is 9.18 Å². The number of unbranched alkanes of at least 4 members (excludes halogenated alkanes) is 1. The number of hydrogen-bond donors (Lipinski definition) is 0. The molecule has 7 heteroatoms. The van der Waals surface area contributed by atoms with Gasteiger partial charge in [0.15, 0.2) is 6.10 Å². The molecule has 0 bridgehead atoms. The van der Waals surface area contributed by atoms with Crippen LogP contribution in [0.3, 0.4) is 0 Å². The van der Waals surface area contributed by atoms with E-state index in [0.29, 0.717) is 23.5 Å². The van der Waals surface area contributed by atoms with Crippen LogP contribution >= 0.6 is 0 Å². The normalized spacial score (nSPS) is 11.8. The summed E-state index contributed by atoms with van der Waals surface area (Å²) < 4.78 is 29.5. The molecular weight excluding hydrogens is 363 g/mol. The first kappa shape index (κ1) is 19.5. The van der Waals surface area contributed by atoms with Crippen LogP contribution in [0.1, 0.15) is 49.0 Å². The van der Waals surface area contributed by atoms with E-state index in [4.69, 9.17) is 13.9 Å². The molecule has 0 aliphatic heterocycles. The Morgan fingerprint density at radius 1 is 1.11 bits per heavy atom. The molecule has 0 saturated heterocycles. The number of ether oxygens (including phenoxy) is 2. The van der Waals surface area contributed by atoms with Gasteiger partial charge in [-0.1, -0.05) is 13.3 Å². The van der Waals surface area contributed by atoms with Crippen molar-refractivity contribution in [2.24, 2.45) is 0 Å². The van der Waals surface area contributed by atoms with Crippen LogP contribution in [-0.4, -0.2) is 22.8 Å². The molecule has 0 spiro atoms. The van der Waals surface area contributed by atoms with Crippen LogP contribution in [0, 0.1) is 5.82 Å². The second-order valence-electron chi connectivity index (χ2n) is 6.23. The number of carbonyl (C=O) groups is 1. The van der Waals surface area contributed by atoms with Crippen molar-refractivity contribution >= 4 is 5.97 Å². The lowest BCUT2D eigenvalue weighted by atomic mass is 10.2. The molecule has 0 aliphatic rings. The predicted molar refractivity (Wildman–Crippen MR) is 100 cm³/mol. The van der Waals surface area contributed by atoms with E-state index in [2.05, 4.69) is 17.1 Å². The Labute approximate surface area is 162 Å². The SMILES string of the molecule is CCCCOc1ccc(C(=O)O[C@@H](C)c2nnc(-c3ccc(F)cc3)o2)cc1. The summed E-state index contributed by atoms with van der Waals surface area (Å²) in [5.74, 6) is 0.235. The highest BCUT2D eigenvalue weighted by Crippen LogP contribution is 2.23. The lowest BCUT2D eigenvalue weighted by molar-refractivity contribution is 0.0280. The van der Waals surface area contributed by atoms with E-state index in [1.165, 1.54) is 24.3 Å². The minimum absolute atomic E-state index is 0.159. The molecule has 0 radical (unpaired) electrons. The summed E-state index contributed by atoms with van der Waals surface area (Å²) in [6.45, 7) is 4.38. The number of aromatic nitrogens is 2. The Balaban J connectivity index is 1.60. The van der Waals surface area contributed by atoms with Gasteiger partial charge in [0.05, 0.1) is 12.2 Å². The number of carbonyl (C=O) groups excluding carboxylic acids is 1. The molecule has 0 saturated carbocycles. The van der Waals surface area contributed by atoms with E-state index in [1.54, 1.807) is 31.2 Å². The molecule has 0 unspecified atom stereocenters. The van der Waals surface area contributed by atoms with Gasteiger partial charge in [0.2, 0.25) is 5.89 Å². The third-order valence-electron chi connectivity index (χ3n) is 4.02. The minimum Gasteiger partial charge on any atom is -0.494 e. The highest BCUT2D eigenvalue weighted by Gasteiger charge is 2.20. The summed E-state index contributed by atoms with van der Waals surface area (Å²) in [6, 6.07) is 12.4. The van der Waals surface area contributed by atoms with Crippen LogP contribution in [0.4, 0.5) is 4.39 Å². The molecule has 28 heavy (non-hydrogen) atoms. The Morgan fingerprint density at radius 2 is 1.82 bits per heavy atom. The Hall–Kier alpha value is -3.22. The summed E-state index contributed by atoms with van der Waals surface area (Å²) in [6.07, 6.45) is 1.31. The molecule has 0 amide bonds. The van der Waals surface area contributed by atoms with Gasteiger partial charge >= 0.3 is 5.97 Å². The number of esters is 1. The van der Waals surface area contributed by atoms with Gasteiger partial charge in [0.25, 0.3) is 5.89 Å². The molecule has 1 atom stereocenters. The second-order valence-corrected chi connectivity index (χ2v) is 6.23. The van der Waals surface area contributed by atoms with Gasteiger partial charge in [-0.2, -0.15) is 0 Å². The van der Waals surface area contributed by atoms with Gasteiger partial charge < -0.3 is 13.9 Å². The van der Waals surface area contributed by atoms with Crippen LogP contribution < -0.4 is 4.74 Å². The maximum Gasteiger partial charge on any atom is 0.338 e. The van der Waals surface area contributed by atoms with Crippen LogP contribution in [0.15, 0.2) is 52.9 Å². The summed E-state index contributed by atoms with van der Waals surface area (Å²) in [4.78, 5) is 12.3. The zero-order valence-electron chi connectivity index (χ0n) is 15.7. The summed E-state index contributed by atoms with van der Waals surface area (Å²) >= 11 is 0. The first-order valence-corrected chi connectivity index (χ1v) is 9.10. The van der Waals surface area contributed by atoms with E-state index in [0.717, 1.165) is 12.8 Å². The van der Waals surface area contributed by atoms with Crippen molar-refractivity contribution in [1.82, 2.24) is 10.2 Å². The average molecular weight is 384 g/mol. The van der Waals surface area contributed by atoms with Gasteiger partial charge in [0, 0.05) is 5.56 Å². The van der Waals surface area contributed by atoms with Crippen molar-refractivity contribution in [2.75, 3.05) is 6.61 Å². The smallest absolute Gasteiger partial charge is 0.338 e. The summed E-state index contributed by atoms with van der Waals surface area (Å²) in [5.41, 5.74) is 0.977. The molecule has 6 nitrogen and oxygen atoms in total. The van der Waals surface area contributed by atoms with Crippen molar-refractivity contribution < 1.29 is 23.1 Å². The molecule has 0 fully saturated rings. The molecule has 3 rings (SSSR count). The quantitative estimate of drug-likeness (QED) is 0.403. The zero-order chi connectivity index (χ0) is 19.9. The van der Waals surface area contributed by atoms with Gasteiger partial charge in [-0.15, -0.1) is 10.2 Å². The minimum atomic E-state index is -0.727. The molecule has 0 N–H and O–H groups in total. The molecule has 1 heterocycles. The lowest BCUT2D eigenvalue weighted by Gasteiger charge is -2.10. The van der Waals surface area contributed by atoms with E-state index < -0.39 is 12.1 Å². The fourth-order valence-electron chi connectivity index (χ4n) is 2.41. The molecule has 1 aromatic heterocycles. The third-order valence-corrected chi connectivity index (χ3v) is 4.02. The van der Waals surface area contributed by atoms with E-state index >= 15 is 0 Å². The van der Waals surface area contributed by atoms with Gasteiger partial charge in [-0.3, -0.25) is 0 Å². The standard InChI is InChI=1S/C21H21FN2O4/c1-3-4-13-26-18-11-7-16(8-12-18)21(25)27-14(2)19-23-24-20(28-19)15-5-9-17(22)10-6-15/h5-12,14H,3-4,13H2,1-2H3/t14-/m0/s1. The third kappa shape index (κ3) is 4.94. The van der Waals surface area contributed by atoms with Crippen LogP contribution in [0.2, 0.25) is 0 Å². The first-order chi connectivity index (χ1) is 13.6. The number of halogens is 1. The monoisotopic (exact) mass is 384 g/mol. The van der Waals surface area contributed by atoms with E-state index in [1.807, 2.05) is 0 Å². The van der Waals surface area contributed by atoms with Gasteiger partial charge in [-0.05, 0) is 61.9 Å². The average Bonchev–Trinajstić information content (AvgIpc) is 3.19. The summed E-state index contributed by atoms with van der Waals surface area (Å²) in [7, 11) is 0.